The van der Waals surface area contributed by atoms with Gasteiger partial charge in [-0.15, -0.1) is 0 Å². The minimum absolute atomic E-state index is 0.0128. The van der Waals surface area contributed by atoms with E-state index in [4.69, 9.17) is 22.1 Å². The second-order valence-corrected chi connectivity index (χ2v) is 8.08. The fourth-order valence-corrected chi connectivity index (χ4v) is 3.22. The van der Waals surface area contributed by atoms with Crippen LogP contribution >= 0.6 is 11.6 Å². The molecule has 0 bridgehead atoms. The Bertz CT molecular complexity index is 593. The zero-order chi connectivity index (χ0) is 16.8. The van der Waals surface area contributed by atoms with E-state index in [2.05, 4.69) is 19.2 Å². The van der Waals surface area contributed by atoms with E-state index in [9.17, 15) is 4.79 Å². The van der Waals surface area contributed by atoms with Crippen molar-refractivity contribution in [2.24, 2.45) is 11.1 Å². The van der Waals surface area contributed by atoms with Gasteiger partial charge in [0.15, 0.2) is 0 Å². The minimum Gasteiger partial charge on any atom is -0.444 e. The molecule has 2 rings (SSSR count). The van der Waals surface area contributed by atoms with Crippen molar-refractivity contribution in [2.45, 2.75) is 52.1 Å². The van der Waals surface area contributed by atoms with Gasteiger partial charge in [0.05, 0.1) is 10.7 Å². The number of carbonyl (C=O) groups is 1. The molecule has 22 heavy (non-hydrogen) atoms. The summed E-state index contributed by atoms with van der Waals surface area (Å²) in [5.41, 5.74) is 7.28. The first kappa shape index (κ1) is 17.1. The predicted molar refractivity (Wildman–Crippen MR) is 90.4 cm³/mol. The molecule has 0 spiro atoms. The molecule has 1 unspecified atom stereocenters. The highest BCUT2D eigenvalue weighted by molar-refractivity contribution is 6.33. The van der Waals surface area contributed by atoms with Gasteiger partial charge in [0.2, 0.25) is 0 Å². The first-order valence-corrected chi connectivity index (χ1v) is 7.89. The molecule has 1 atom stereocenters. The highest BCUT2D eigenvalue weighted by Crippen LogP contribution is 2.63. The SMILES string of the molecule is CC(C)(C)OC(=O)Nc1ccc(C2(CN)CC2(C)C)cc1Cl. The number of hydrogen-bond donors (Lipinski definition) is 2. The van der Waals surface area contributed by atoms with E-state index in [-0.39, 0.29) is 10.8 Å². The second-order valence-electron chi connectivity index (χ2n) is 7.67. The van der Waals surface area contributed by atoms with Gasteiger partial charge in [0, 0.05) is 12.0 Å². The van der Waals surface area contributed by atoms with Crippen molar-refractivity contribution in [3.05, 3.63) is 28.8 Å². The molecule has 122 valence electrons. The van der Waals surface area contributed by atoms with E-state index >= 15 is 0 Å². The van der Waals surface area contributed by atoms with Crippen molar-refractivity contribution in [1.29, 1.82) is 0 Å². The van der Waals surface area contributed by atoms with Crippen molar-refractivity contribution < 1.29 is 9.53 Å². The normalized spacial score (nSPS) is 23.0. The smallest absolute Gasteiger partial charge is 0.412 e. The number of rotatable bonds is 3. The Kier molecular flexibility index (Phi) is 4.22. The molecule has 1 amide bonds. The summed E-state index contributed by atoms with van der Waals surface area (Å²) in [6.45, 7) is 10.5. The minimum atomic E-state index is -0.544. The topological polar surface area (TPSA) is 64.3 Å². The number of hydrogen-bond acceptors (Lipinski definition) is 3. The molecule has 0 aromatic heterocycles. The van der Waals surface area contributed by atoms with E-state index in [0.29, 0.717) is 17.3 Å². The molecular weight excluding hydrogens is 300 g/mol. The molecule has 3 N–H and O–H groups in total. The zero-order valence-corrected chi connectivity index (χ0v) is 14.7. The van der Waals surface area contributed by atoms with Crippen molar-refractivity contribution in [3.63, 3.8) is 0 Å². The Morgan fingerprint density at radius 2 is 2.00 bits per heavy atom. The zero-order valence-electron chi connectivity index (χ0n) is 13.9. The number of carbonyl (C=O) groups excluding carboxylic acids is 1. The van der Waals surface area contributed by atoms with Gasteiger partial charge in [-0.25, -0.2) is 4.79 Å². The molecule has 1 aromatic rings. The molecule has 1 aliphatic carbocycles. The summed E-state index contributed by atoms with van der Waals surface area (Å²) in [5, 5.41) is 3.18. The monoisotopic (exact) mass is 324 g/mol. The van der Waals surface area contributed by atoms with Gasteiger partial charge in [-0.2, -0.15) is 0 Å². The third-order valence-corrected chi connectivity index (χ3v) is 4.73. The summed E-state index contributed by atoms with van der Waals surface area (Å²) in [6, 6.07) is 5.70. The van der Waals surface area contributed by atoms with Crippen LogP contribution in [0.15, 0.2) is 18.2 Å². The van der Waals surface area contributed by atoms with Crippen LogP contribution in [0.1, 0.15) is 46.6 Å². The lowest BCUT2D eigenvalue weighted by Gasteiger charge is -2.22. The first-order chi connectivity index (χ1) is 10.0. The van der Waals surface area contributed by atoms with Crippen LogP contribution in [0.4, 0.5) is 10.5 Å². The molecule has 1 saturated carbocycles. The lowest BCUT2D eigenvalue weighted by Crippen LogP contribution is -2.27. The standard InChI is InChI=1S/C17H25ClN2O2/c1-15(2,3)22-14(21)20-13-7-6-11(8-12(13)18)17(10-19)9-16(17,4)5/h6-8H,9-10,19H2,1-5H3,(H,20,21). The summed E-state index contributed by atoms with van der Waals surface area (Å²) in [5.74, 6) is 0. The van der Waals surface area contributed by atoms with Gasteiger partial charge in [-0.05, 0) is 50.3 Å². The number of halogens is 1. The first-order valence-electron chi connectivity index (χ1n) is 7.51. The molecule has 0 radical (unpaired) electrons. The number of nitrogens with one attached hydrogen (secondary N) is 1. The Hall–Kier alpha value is -1.26. The van der Waals surface area contributed by atoms with Gasteiger partial charge in [-0.1, -0.05) is 31.5 Å². The molecule has 0 heterocycles. The van der Waals surface area contributed by atoms with E-state index < -0.39 is 11.7 Å². The van der Waals surface area contributed by atoms with Crippen molar-refractivity contribution in [3.8, 4) is 0 Å². The number of benzene rings is 1. The predicted octanol–water partition coefficient (Wildman–Crippen LogP) is 4.31. The van der Waals surface area contributed by atoms with Crippen molar-refractivity contribution >= 4 is 23.4 Å². The summed E-state index contributed by atoms with van der Waals surface area (Å²) in [6.07, 6.45) is 0.536. The van der Waals surface area contributed by atoms with E-state index in [1.165, 1.54) is 0 Å². The van der Waals surface area contributed by atoms with Gasteiger partial charge in [0.25, 0.3) is 0 Å². The summed E-state index contributed by atoms with van der Waals surface area (Å²) >= 11 is 6.32. The Morgan fingerprint density at radius 3 is 2.41 bits per heavy atom. The van der Waals surface area contributed by atoms with Gasteiger partial charge in [0.1, 0.15) is 5.60 Å². The Balaban J connectivity index is 2.16. The molecule has 5 heteroatoms. The quantitative estimate of drug-likeness (QED) is 0.870. The third-order valence-electron chi connectivity index (χ3n) is 4.42. The van der Waals surface area contributed by atoms with Gasteiger partial charge >= 0.3 is 6.09 Å². The molecule has 0 aliphatic heterocycles. The largest absolute Gasteiger partial charge is 0.444 e. The van der Waals surface area contributed by atoms with Crippen LogP contribution in [0.5, 0.6) is 0 Å². The average molecular weight is 325 g/mol. The average Bonchev–Trinajstić information content (AvgIpc) is 2.93. The van der Waals surface area contributed by atoms with E-state index in [1.54, 1.807) is 0 Å². The van der Waals surface area contributed by atoms with Crippen LogP contribution in [0, 0.1) is 5.41 Å². The molecule has 1 aromatic carbocycles. The van der Waals surface area contributed by atoms with Gasteiger partial charge < -0.3 is 10.5 Å². The van der Waals surface area contributed by atoms with E-state index in [1.807, 2.05) is 39.0 Å². The van der Waals surface area contributed by atoms with Crippen LogP contribution in [0.2, 0.25) is 5.02 Å². The van der Waals surface area contributed by atoms with Crippen LogP contribution in [-0.4, -0.2) is 18.2 Å². The molecule has 1 fully saturated rings. The van der Waals surface area contributed by atoms with Crippen molar-refractivity contribution in [1.82, 2.24) is 0 Å². The maximum Gasteiger partial charge on any atom is 0.412 e. The molecule has 0 saturated heterocycles. The summed E-state index contributed by atoms with van der Waals surface area (Å²) in [7, 11) is 0. The number of ether oxygens (including phenoxy) is 1. The van der Waals surface area contributed by atoms with Crippen LogP contribution < -0.4 is 11.1 Å². The molecule has 1 aliphatic rings. The second kappa shape index (κ2) is 5.43. The van der Waals surface area contributed by atoms with E-state index in [0.717, 1.165) is 12.0 Å². The number of amides is 1. The highest BCUT2D eigenvalue weighted by atomic mass is 35.5. The Labute approximate surface area is 137 Å². The van der Waals surface area contributed by atoms with Crippen LogP contribution in [0.3, 0.4) is 0 Å². The maximum absolute atomic E-state index is 11.8. The molecule has 4 nitrogen and oxygen atoms in total. The molecular formula is C17H25ClN2O2. The van der Waals surface area contributed by atoms with Crippen LogP contribution in [-0.2, 0) is 10.2 Å². The highest BCUT2D eigenvalue weighted by Gasteiger charge is 2.60. The number of nitrogens with two attached hydrogens (primary N) is 1. The lowest BCUT2D eigenvalue weighted by atomic mass is 9.88. The Morgan fingerprint density at radius 1 is 1.41 bits per heavy atom. The number of anilines is 1. The summed E-state index contributed by atoms with van der Waals surface area (Å²) in [4.78, 5) is 11.8. The van der Waals surface area contributed by atoms with Crippen LogP contribution in [0.25, 0.3) is 0 Å². The fraction of sp³-hybridized carbons (Fsp3) is 0.588. The summed E-state index contributed by atoms with van der Waals surface area (Å²) < 4.78 is 5.23. The van der Waals surface area contributed by atoms with Gasteiger partial charge in [-0.3, -0.25) is 5.32 Å². The fourth-order valence-electron chi connectivity index (χ4n) is 3.00. The lowest BCUT2D eigenvalue weighted by molar-refractivity contribution is 0.0636. The maximum atomic E-state index is 11.8. The third kappa shape index (κ3) is 3.23. The van der Waals surface area contributed by atoms with Crippen molar-refractivity contribution in [2.75, 3.05) is 11.9 Å².